The number of benzene rings is 4. The smallest absolute Gasteiger partial charge is 0.343 e. The molecule has 1 heterocycles. The van der Waals surface area contributed by atoms with E-state index < -0.39 is 11.9 Å². The normalized spacial score (nSPS) is 11.1. The average molecular weight is 821 g/mol. The van der Waals surface area contributed by atoms with Crippen molar-refractivity contribution in [2.45, 2.75) is 0 Å². The number of hydrogen-bond acceptors (Lipinski definition) is 7. The maximum Gasteiger partial charge on any atom is 0.343 e. The zero-order chi connectivity index (χ0) is 32.2. The number of esters is 1. The quantitative estimate of drug-likeness (QED) is 0.0666. The Bertz CT molecular complexity index is 1940. The summed E-state index contributed by atoms with van der Waals surface area (Å²) in [5.41, 5.74) is 5.51. The number of ether oxygens (including phenoxy) is 4. The lowest BCUT2D eigenvalue weighted by molar-refractivity contribution is 0.0732. The van der Waals surface area contributed by atoms with Crippen LogP contribution in [0.4, 0.5) is 0 Å². The van der Waals surface area contributed by atoms with Crippen molar-refractivity contribution in [3.63, 3.8) is 0 Å². The van der Waals surface area contributed by atoms with Crippen molar-refractivity contribution in [3.05, 3.63) is 102 Å². The molecule has 0 unspecified atom stereocenters. The van der Waals surface area contributed by atoms with Gasteiger partial charge in [-0.15, -0.1) is 0 Å². The number of halogens is 4. The highest BCUT2D eigenvalue weighted by molar-refractivity contribution is 9.11. The van der Waals surface area contributed by atoms with Gasteiger partial charge in [0.2, 0.25) is 5.75 Å². The Morgan fingerprint density at radius 3 is 2.18 bits per heavy atom. The fourth-order valence-corrected chi connectivity index (χ4v) is 6.84. The van der Waals surface area contributed by atoms with E-state index in [4.69, 9.17) is 30.5 Å². The van der Waals surface area contributed by atoms with Crippen LogP contribution in [0.15, 0.2) is 85.2 Å². The molecule has 0 spiro atoms. The van der Waals surface area contributed by atoms with Crippen LogP contribution in [0.5, 0.6) is 23.0 Å². The summed E-state index contributed by atoms with van der Waals surface area (Å²) >= 11 is 16.9. The molecule has 13 heteroatoms. The lowest BCUT2D eigenvalue weighted by Gasteiger charge is -2.15. The summed E-state index contributed by atoms with van der Waals surface area (Å²) in [6.45, 7) is 0. The molecular weight excluding hydrogens is 798 g/mol. The number of H-pyrrole nitrogens is 1. The predicted molar refractivity (Wildman–Crippen MR) is 184 cm³/mol. The molecule has 0 bridgehead atoms. The summed E-state index contributed by atoms with van der Waals surface area (Å²) in [7, 11) is 4.37. The van der Waals surface area contributed by atoms with Gasteiger partial charge in [-0.25, -0.2) is 10.2 Å². The third kappa shape index (κ3) is 6.89. The minimum absolute atomic E-state index is 0.160. The lowest BCUT2D eigenvalue weighted by Crippen LogP contribution is -2.19. The Labute approximate surface area is 288 Å². The van der Waals surface area contributed by atoms with Crippen molar-refractivity contribution in [3.8, 4) is 34.1 Å². The molecule has 9 nitrogen and oxygen atoms in total. The predicted octanol–water partition coefficient (Wildman–Crippen LogP) is 8.78. The Hall–Kier alpha value is -3.84. The molecule has 5 rings (SSSR count). The van der Waals surface area contributed by atoms with Crippen molar-refractivity contribution in [1.82, 2.24) is 10.4 Å². The molecule has 0 aliphatic carbocycles. The van der Waals surface area contributed by atoms with E-state index in [9.17, 15) is 9.59 Å². The van der Waals surface area contributed by atoms with Crippen LogP contribution < -0.4 is 24.4 Å². The fourth-order valence-electron chi connectivity index (χ4n) is 4.65. The Morgan fingerprint density at radius 1 is 0.867 bits per heavy atom. The van der Waals surface area contributed by atoms with Gasteiger partial charge in [0.05, 0.1) is 48.1 Å². The molecule has 0 aliphatic heterocycles. The van der Waals surface area contributed by atoms with Crippen molar-refractivity contribution >= 4 is 88.4 Å². The first-order valence-electron chi connectivity index (χ1n) is 13.1. The van der Waals surface area contributed by atoms with Gasteiger partial charge in [-0.3, -0.25) is 4.79 Å². The first-order valence-corrected chi connectivity index (χ1v) is 15.8. The number of carbonyl (C=O) groups excluding carboxylic acids is 2. The second-order valence-corrected chi connectivity index (χ2v) is 12.5. The van der Waals surface area contributed by atoms with Gasteiger partial charge in [0.25, 0.3) is 5.91 Å². The summed E-state index contributed by atoms with van der Waals surface area (Å²) < 4.78 is 23.8. The number of fused-ring (bicyclic) bond motifs is 1. The minimum Gasteiger partial charge on any atom is -0.493 e. The van der Waals surface area contributed by atoms with E-state index in [1.165, 1.54) is 39.7 Å². The molecule has 0 aliphatic rings. The summed E-state index contributed by atoms with van der Waals surface area (Å²) in [6, 6.07) is 19.5. The van der Waals surface area contributed by atoms with Gasteiger partial charge < -0.3 is 23.9 Å². The second kappa shape index (κ2) is 14.1. The minimum atomic E-state index is -0.690. The third-order valence-electron chi connectivity index (χ3n) is 6.62. The van der Waals surface area contributed by atoms with E-state index in [1.54, 1.807) is 18.2 Å². The number of aromatic nitrogens is 1. The van der Waals surface area contributed by atoms with Gasteiger partial charge in [-0.1, -0.05) is 73.8 Å². The fraction of sp³-hybridized carbons (Fsp3) is 0.0938. The molecule has 1 amide bonds. The van der Waals surface area contributed by atoms with Gasteiger partial charge in [-0.2, -0.15) is 5.10 Å². The van der Waals surface area contributed by atoms with E-state index >= 15 is 0 Å². The highest BCUT2D eigenvalue weighted by Gasteiger charge is 2.23. The number of aromatic amines is 1. The van der Waals surface area contributed by atoms with Gasteiger partial charge in [0, 0.05) is 25.5 Å². The summed E-state index contributed by atoms with van der Waals surface area (Å²) in [5, 5.41) is 5.41. The van der Waals surface area contributed by atoms with Gasteiger partial charge >= 0.3 is 5.97 Å². The largest absolute Gasteiger partial charge is 0.493 e. The number of nitrogens with zero attached hydrogens (tertiary/aromatic N) is 1. The first-order chi connectivity index (χ1) is 21.6. The Kier molecular flexibility index (Phi) is 10.2. The molecule has 5 aromatic rings. The SMILES string of the molecule is COc1cc(C(=O)Oc2c(Br)cc(Br)cc2C=NNC(=O)c2[nH]c3c(Cl)cc(Br)cc3c2-c2ccccc2)cc(OC)c1OC. The third-order valence-corrected chi connectivity index (χ3v) is 8.42. The van der Waals surface area contributed by atoms with Crippen LogP contribution in [0.25, 0.3) is 22.0 Å². The van der Waals surface area contributed by atoms with E-state index in [-0.39, 0.29) is 17.0 Å². The van der Waals surface area contributed by atoms with E-state index in [0.29, 0.717) is 47.9 Å². The number of hydrogen-bond donors (Lipinski definition) is 2. The molecule has 230 valence electrons. The molecule has 0 fully saturated rings. The molecule has 0 saturated carbocycles. The monoisotopic (exact) mass is 817 g/mol. The topological polar surface area (TPSA) is 111 Å². The van der Waals surface area contributed by atoms with Gasteiger partial charge in [0.15, 0.2) is 17.2 Å². The van der Waals surface area contributed by atoms with Crippen molar-refractivity contribution < 1.29 is 28.5 Å². The molecule has 0 saturated heterocycles. The average Bonchev–Trinajstić information content (AvgIpc) is 3.42. The van der Waals surface area contributed by atoms with E-state index in [0.717, 1.165) is 15.4 Å². The zero-order valence-corrected chi connectivity index (χ0v) is 29.4. The zero-order valence-electron chi connectivity index (χ0n) is 23.8. The lowest BCUT2D eigenvalue weighted by atomic mass is 10.0. The van der Waals surface area contributed by atoms with Crippen LogP contribution in [0.1, 0.15) is 26.4 Å². The van der Waals surface area contributed by atoms with Crippen molar-refractivity contribution in [2.24, 2.45) is 5.10 Å². The van der Waals surface area contributed by atoms with Crippen molar-refractivity contribution in [2.75, 3.05) is 21.3 Å². The maximum absolute atomic E-state index is 13.5. The Balaban J connectivity index is 1.46. The van der Waals surface area contributed by atoms with E-state index in [1.807, 2.05) is 36.4 Å². The molecular formula is C32H23Br3ClN3O6. The van der Waals surface area contributed by atoms with E-state index in [2.05, 4.69) is 63.3 Å². The standard InChI is InChI=1S/C32H23Br3ClN3O6/c1-42-24-10-17(11-25(43-2)30(24)44-3)32(41)45-29-18(9-19(33)13-22(29)35)15-37-39-31(40)28-26(16-7-5-4-6-8-16)21-12-20(34)14-23(36)27(21)38-28/h4-15,38H,1-3H3,(H,39,40). The van der Waals surface area contributed by atoms with Crippen LogP contribution in [0, 0.1) is 0 Å². The molecule has 0 radical (unpaired) electrons. The van der Waals surface area contributed by atoms with Crippen LogP contribution in [0.2, 0.25) is 5.02 Å². The Morgan fingerprint density at radius 2 is 1.53 bits per heavy atom. The number of nitrogens with one attached hydrogen (secondary N) is 2. The molecule has 45 heavy (non-hydrogen) atoms. The van der Waals surface area contributed by atoms with Gasteiger partial charge in [0.1, 0.15) is 5.69 Å². The van der Waals surface area contributed by atoms with Gasteiger partial charge in [-0.05, 0) is 57.9 Å². The van der Waals surface area contributed by atoms with Crippen LogP contribution in [-0.2, 0) is 0 Å². The van der Waals surface area contributed by atoms with Crippen LogP contribution in [0.3, 0.4) is 0 Å². The summed E-state index contributed by atoms with van der Waals surface area (Å²) in [5.74, 6) is -0.0946. The molecule has 4 aromatic carbocycles. The second-order valence-electron chi connectivity index (χ2n) is 9.36. The number of methoxy groups -OCH3 is 3. The summed E-state index contributed by atoms with van der Waals surface area (Å²) in [4.78, 5) is 29.9. The number of amides is 1. The highest BCUT2D eigenvalue weighted by atomic mass is 79.9. The molecule has 2 N–H and O–H groups in total. The maximum atomic E-state index is 13.5. The number of hydrazone groups is 1. The van der Waals surface area contributed by atoms with Crippen molar-refractivity contribution in [1.29, 1.82) is 0 Å². The highest BCUT2D eigenvalue weighted by Crippen LogP contribution is 2.40. The van der Waals surface area contributed by atoms with Crippen LogP contribution in [-0.4, -0.2) is 44.4 Å². The summed E-state index contributed by atoms with van der Waals surface area (Å²) in [6.07, 6.45) is 1.37. The van der Waals surface area contributed by atoms with Crippen LogP contribution >= 0.6 is 59.4 Å². The first kappa shape index (κ1) is 32.6. The number of rotatable bonds is 9. The molecule has 1 aromatic heterocycles. The molecule has 0 atom stereocenters. The number of carbonyl (C=O) groups is 2.